The first-order chi connectivity index (χ1) is 25.0. The lowest BCUT2D eigenvalue weighted by molar-refractivity contribution is 0.660. The maximum Gasteiger partial charge on any atom is 0.0476 e. The van der Waals surface area contributed by atoms with E-state index >= 15 is 0 Å². The first-order valence-electron chi connectivity index (χ1n) is 17.7. The summed E-state index contributed by atoms with van der Waals surface area (Å²) in [6.45, 7) is 4.76. The van der Waals surface area contributed by atoms with Gasteiger partial charge in [-0.2, -0.15) is 0 Å². The summed E-state index contributed by atoms with van der Waals surface area (Å²) in [4.78, 5) is 2.47. The van der Waals surface area contributed by atoms with Gasteiger partial charge < -0.3 is 4.90 Å². The summed E-state index contributed by atoms with van der Waals surface area (Å²) in [5.41, 5.74) is 13.7. The molecule has 0 unspecified atom stereocenters. The van der Waals surface area contributed by atoms with Gasteiger partial charge in [-0.25, -0.2) is 0 Å². The second kappa shape index (κ2) is 11.6. The smallest absolute Gasteiger partial charge is 0.0476 e. The Hall–Kier alpha value is -5.96. The molecular weight excluding hydrogens is 635 g/mol. The average Bonchev–Trinajstić information content (AvgIpc) is 3.66. The van der Waals surface area contributed by atoms with E-state index < -0.39 is 0 Å². The van der Waals surface area contributed by atoms with Gasteiger partial charge in [0.25, 0.3) is 0 Å². The van der Waals surface area contributed by atoms with Crippen molar-refractivity contribution in [2.24, 2.45) is 0 Å². The predicted molar refractivity (Wildman–Crippen MR) is 220 cm³/mol. The Morgan fingerprint density at radius 3 is 1.86 bits per heavy atom. The molecule has 0 N–H and O–H groups in total. The number of fused-ring (bicyclic) bond motifs is 7. The molecule has 1 aliphatic carbocycles. The number of benzene rings is 8. The van der Waals surface area contributed by atoms with Crippen LogP contribution in [0.1, 0.15) is 25.0 Å². The highest BCUT2D eigenvalue weighted by atomic mass is 32.1. The number of nitrogens with zero attached hydrogens (tertiary/aromatic N) is 1. The first kappa shape index (κ1) is 29.9. The highest BCUT2D eigenvalue weighted by Gasteiger charge is 2.37. The molecule has 242 valence electrons. The van der Waals surface area contributed by atoms with Crippen LogP contribution in [0.4, 0.5) is 17.1 Å². The van der Waals surface area contributed by atoms with E-state index in [1.165, 1.54) is 75.5 Å². The molecule has 51 heavy (non-hydrogen) atoms. The van der Waals surface area contributed by atoms with E-state index in [9.17, 15) is 0 Å². The Labute approximate surface area is 302 Å². The Kier molecular flexibility index (Phi) is 6.78. The third-order valence-electron chi connectivity index (χ3n) is 10.8. The van der Waals surface area contributed by atoms with Gasteiger partial charge >= 0.3 is 0 Å². The molecule has 1 heterocycles. The van der Waals surface area contributed by atoms with Gasteiger partial charge in [-0.05, 0) is 97.7 Å². The van der Waals surface area contributed by atoms with Gasteiger partial charge in [0.1, 0.15) is 0 Å². The molecule has 8 aromatic carbocycles. The molecule has 9 aromatic rings. The zero-order valence-corrected chi connectivity index (χ0v) is 29.4. The SMILES string of the molecule is CC1(C)c2cc(N(c3cc(-c4ccccc4)c4ccccc4c3)c3ccc4c(c3)sc3ccccc34)ccc2-c2c(-c3ccccc3)cccc21. The maximum absolute atomic E-state index is 2.47. The highest BCUT2D eigenvalue weighted by molar-refractivity contribution is 7.25. The van der Waals surface area contributed by atoms with E-state index in [0.717, 1.165) is 17.1 Å². The molecule has 0 bridgehead atoms. The molecule has 0 fully saturated rings. The predicted octanol–water partition coefficient (Wildman–Crippen LogP) is 14.3. The van der Waals surface area contributed by atoms with Gasteiger partial charge in [0.2, 0.25) is 0 Å². The van der Waals surface area contributed by atoms with Gasteiger partial charge in [-0.1, -0.05) is 147 Å². The van der Waals surface area contributed by atoms with Gasteiger partial charge in [0, 0.05) is 42.6 Å². The standard InChI is InChI=1S/C49H35NS/c1-49(2)44-22-13-21-39(32-14-5-3-6-15-32)48(44)42-27-25-35(30-45(42)49)50(36-24-26-41-40-20-11-12-23-46(40)51-47(41)31-36)37-28-34-18-9-10-19-38(34)43(29-37)33-16-7-4-8-17-33/h3-31H,1-2H3. The lowest BCUT2D eigenvalue weighted by Gasteiger charge is -2.29. The Bertz CT molecular complexity index is 2770. The molecule has 0 amide bonds. The Balaban J connectivity index is 1.22. The minimum Gasteiger partial charge on any atom is -0.310 e. The lowest BCUT2D eigenvalue weighted by atomic mass is 9.81. The number of hydrogen-bond donors (Lipinski definition) is 0. The second-order valence-electron chi connectivity index (χ2n) is 14.1. The van der Waals surface area contributed by atoms with Crippen LogP contribution in [0.15, 0.2) is 176 Å². The van der Waals surface area contributed by atoms with Crippen molar-refractivity contribution in [1.82, 2.24) is 0 Å². The molecule has 10 rings (SSSR count). The molecule has 0 saturated carbocycles. The number of anilines is 3. The molecular formula is C49H35NS. The molecule has 0 radical (unpaired) electrons. The molecule has 0 aliphatic heterocycles. The second-order valence-corrected chi connectivity index (χ2v) is 15.2. The van der Waals surface area contributed by atoms with Crippen molar-refractivity contribution in [1.29, 1.82) is 0 Å². The van der Waals surface area contributed by atoms with Crippen LogP contribution in [0.3, 0.4) is 0 Å². The summed E-state index contributed by atoms with van der Waals surface area (Å²) in [5.74, 6) is 0. The third kappa shape index (κ3) is 4.75. The van der Waals surface area contributed by atoms with Crippen molar-refractivity contribution in [2.45, 2.75) is 19.3 Å². The minimum absolute atomic E-state index is 0.162. The van der Waals surface area contributed by atoms with Crippen LogP contribution in [-0.4, -0.2) is 0 Å². The van der Waals surface area contributed by atoms with E-state index in [0.29, 0.717) is 0 Å². The van der Waals surface area contributed by atoms with Crippen molar-refractivity contribution in [3.8, 4) is 33.4 Å². The Morgan fingerprint density at radius 1 is 0.412 bits per heavy atom. The summed E-state index contributed by atoms with van der Waals surface area (Å²) in [7, 11) is 0. The number of thiophene rings is 1. The first-order valence-corrected chi connectivity index (χ1v) is 18.5. The molecule has 1 aliphatic rings. The van der Waals surface area contributed by atoms with Crippen LogP contribution < -0.4 is 4.90 Å². The number of hydrogen-bond acceptors (Lipinski definition) is 2. The quantitative estimate of drug-likeness (QED) is 0.176. The fourth-order valence-electron chi connectivity index (χ4n) is 8.35. The summed E-state index contributed by atoms with van der Waals surface area (Å²) < 4.78 is 2.61. The Morgan fingerprint density at radius 2 is 1.06 bits per heavy atom. The van der Waals surface area contributed by atoms with Gasteiger partial charge in [-0.15, -0.1) is 11.3 Å². The van der Waals surface area contributed by atoms with Crippen LogP contribution in [-0.2, 0) is 5.41 Å². The van der Waals surface area contributed by atoms with Gasteiger partial charge in [0.05, 0.1) is 0 Å². The maximum atomic E-state index is 2.47. The van der Waals surface area contributed by atoms with Crippen LogP contribution >= 0.6 is 11.3 Å². The average molecular weight is 670 g/mol. The fourth-order valence-corrected chi connectivity index (χ4v) is 9.49. The molecule has 0 saturated heterocycles. The molecule has 0 atom stereocenters. The largest absolute Gasteiger partial charge is 0.310 e. The van der Waals surface area contributed by atoms with Gasteiger partial charge in [0.15, 0.2) is 0 Å². The third-order valence-corrected chi connectivity index (χ3v) is 12.0. The fraction of sp³-hybridized carbons (Fsp3) is 0.0612. The van der Waals surface area contributed by atoms with Crippen LogP contribution in [0, 0.1) is 0 Å². The summed E-state index contributed by atoms with van der Waals surface area (Å²) in [5, 5.41) is 5.11. The van der Waals surface area contributed by atoms with E-state index in [-0.39, 0.29) is 5.41 Å². The summed E-state index contributed by atoms with van der Waals surface area (Å²) in [6, 6.07) is 64.9. The van der Waals surface area contributed by atoms with Crippen LogP contribution in [0.2, 0.25) is 0 Å². The molecule has 1 nitrogen and oxygen atoms in total. The monoisotopic (exact) mass is 669 g/mol. The van der Waals surface area contributed by atoms with E-state index in [4.69, 9.17) is 0 Å². The zero-order chi connectivity index (χ0) is 34.1. The molecule has 2 heteroatoms. The summed E-state index contributed by atoms with van der Waals surface area (Å²) in [6.07, 6.45) is 0. The topological polar surface area (TPSA) is 3.24 Å². The highest BCUT2D eigenvalue weighted by Crippen LogP contribution is 2.54. The van der Waals surface area contributed by atoms with Crippen molar-refractivity contribution >= 4 is 59.3 Å². The summed E-state index contributed by atoms with van der Waals surface area (Å²) >= 11 is 1.87. The van der Waals surface area contributed by atoms with Crippen molar-refractivity contribution in [3.63, 3.8) is 0 Å². The van der Waals surface area contributed by atoms with E-state index in [1.807, 2.05) is 11.3 Å². The van der Waals surface area contributed by atoms with Crippen LogP contribution in [0.25, 0.3) is 64.3 Å². The van der Waals surface area contributed by atoms with Crippen LogP contribution in [0.5, 0.6) is 0 Å². The van der Waals surface area contributed by atoms with Crippen molar-refractivity contribution < 1.29 is 0 Å². The minimum atomic E-state index is -0.162. The number of rotatable bonds is 5. The normalized spacial score (nSPS) is 13.1. The van der Waals surface area contributed by atoms with Gasteiger partial charge in [-0.3, -0.25) is 0 Å². The lowest BCUT2D eigenvalue weighted by Crippen LogP contribution is -2.16. The van der Waals surface area contributed by atoms with Crippen molar-refractivity contribution in [2.75, 3.05) is 4.90 Å². The molecule has 0 spiro atoms. The zero-order valence-electron chi connectivity index (χ0n) is 28.6. The van der Waals surface area contributed by atoms with E-state index in [2.05, 4.69) is 195 Å². The molecule has 1 aromatic heterocycles. The van der Waals surface area contributed by atoms with E-state index in [1.54, 1.807) is 0 Å². The van der Waals surface area contributed by atoms with Crippen molar-refractivity contribution in [3.05, 3.63) is 187 Å².